The van der Waals surface area contributed by atoms with Crippen LogP contribution in [0.2, 0.25) is 0 Å². The zero-order valence-corrected chi connectivity index (χ0v) is 10.3. The van der Waals surface area contributed by atoms with Crippen molar-refractivity contribution in [2.24, 2.45) is 13.0 Å². The maximum absolute atomic E-state index is 12.3. The zero-order valence-electron chi connectivity index (χ0n) is 10.3. The van der Waals surface area contributed by atoms with E-state index < -0.39 is 11.9 Å². The van der Waals surface area contributed by atoms with Gasteiger partial charge in [-0.05, 0) is 18.1 Å². The molecule has 0 aliphatic heterocycles. The molecule has 0 amide bonds. The predicted octanol–water partition coefficient (Wildman–Crippen LogP) is 1.71. The topological polar surface area (TPSA) is 48.3 Å². The molecule has 0 radical (unpaired) electrons. The summed E-state index contributed by atoms with van der Waals surface area (Å²) in [7, 11) is 3.18. The van der Waals surface area contributed by atoms with E-state index in [1.807, 2.05) is 35.9 Å². The van der Waals surface area contributed by atoms with Crippen molar-refractivity contribution in [1.29, 1.82) is 0 Å². The van der Waals surface area contributed by atoms with Gasteiger partial charge >= 0.3 is 5.97 Å². The quantitative estimate of drug-likeness (QED) is 0.566. The van der Waals surface area contributed by atoms with E-state index in [1.54, 1.807) is 0 Å². The normalized spacial score (nSPS) is 18.1. The number of Topliss-reactive ketones (excluding diaryl/α,β-unsaturated/α-hetero) is 1. The standard InChI is InChI=1S/C14H13NO3/c1-15-11-6-4-3-5-8(11)9-7-10(14(17)18-2)13(16)12(9)15/h3-6,10H,7H2,1-2H3. The molecule has 0 saturated carbocycles. The van der Waals surface area contributed by atoms with Gasteiger partial charge in [0.05, 0.1) is 12.8 Å². The molecular weight excluding hydrogens is 230 g/mol. The van der Waals surface area contributed by atoms with Crippen molar-refractivity contribution in [3.63, 3.8) is 0 Å². The minimum Gasteiger partial charge on any atom is -0.468 e. The van der Waals surface area contributed by atoms with E-state index in [4.69, 9.17) is 0 Å². The van der Waals surface area contributed by atoms with E-state index in [9.17, 15) is 9.59 Å². The number of ether oxygens (including phenoxy) is 1. The third-order valence-electron chi connectivity index (χ3n) is 3.66. The fourth-order valence-corrected chi connectivity index (χ4v) is 2.79. The minimum atomic E-state index is -0.671. The number of ketones is 1. The third kappa shape index (κ3) is 1.26. The second kappa shape index (κ2) is 3.70. The van der Waals surface area contributed by atoms with Crippen LogP contribution in [-0.2, 0) is 23.0 Å². The highest BCUT2D eigenvalue weighted by atomic mass is 16.5. The molecular formula is C14H13NO3. The predicted molar refractivity (Wildman–Crippen MR) is 66.5 cm³/mol. The molecule has 1 atom stereocenters. The van der Waals surface area contributed by atoms with Gasteiger partial charge in [-0.25, -0.2) is 0 Å². The van der Waals surface area contributed by atoms with Crippen LogP contribution in [0.4, 0.5) is 0 Å². The number of fused-ring (bicyclic) bond motifs is 3. The second-order valence-corrected chi connectivity index (χ2v) is 4.55. The molecule has 1 aromatic heterocycles. The average Bonchev–Trinajstić information content (AvgIpc) is 2.87. The Morgan fingerprint density at radius 3 is 2.83 bits per heavy atom. The van der Waals surface area contributed by atoms with Crippen LogP contribution in [0.25, 0.3) is 10.9 Å². The fraction of sp³-hybridized carbons (Fsp3) is 0.286. The van der Waals surface area contributed by atoms with Crippen LogP contribution in [-0.4, -0.2) is 23.4 Å². The summed E-state index contributed by atoms with van der Waals surface area (Å²) >= 11 is 0. The number of carbonyl (C=O) groups excluding carboxylic acids is 2. The average molecular weight is 243 g/mol. The molecule has 18 heavy (non-hydrogen) atoms. The van der Waals surface area contributed by atoms with Gasteiger partial charge in [0, 0.05) is 18.0 Å². The molecule has 92 valence electrons. The van der Waals surface area contributed by atoms with E-state index >= 15 is 0 Å². The summed E-state index contributed by atoms with van der Waals surface area (Å²) in [6.07, 6.45) is 0.447. The number of methoxy groups -OCH3 is 1. The van der Waals surface area contributed by atoms with E-state index in [0.717, 1.165) is 16.5 Å². The minimum absolute atomic E-state index is 0.129. The molecule has 0 fully saturated rings. The van der Waals surface area contributed by atoms with E-state index in [0.29, 0.717) is 12.1 Å². The Bertz CT molecular complexity index is 669. The summed E-state index contributed by atoms with van der Waals surface area (Å²) in [5.41, 5.74) is 2.64. The molecule has 1 aromatic carbocycles. The van der Waals surface area contributed by atoms with Gasteiger partial charge in [0.2, 0.25) is 0 Å². The number of para-hydroxylation sites is 1. The molecule has 3 rings (SSSR count). The Morgan fingerprint density at radius 1 is 1.39 bits per heavy atom. The van der Waals surface area contributed by atoms with Crippen molar-refractivity contribution >= 4 is 22.7 Å². The summed E-state index contributed by atoms with van der Waals surface area (Å²) in [6, 6.07) is 7.85. The molecule has 1 heterocycles. The highest BCUT2D eigenvalue weighted by Gasteiger charge is 2.40. The van der Waals surface area contributed by atoms with Crippen LogP contribution >= 0.6 is 0 Å². The summed E-state index contributed by atoms with van der Waals surface area (Å²) in [5, 5.41) is 1.05. The van der Waals surface area contributed by atoms with Crippen molar-refractivity contribution in [2.75, 3.05) is 7.11 Å². The Kier molecular flexibility index (Phi) is 2.26. The lowest BCUT2D eigenvalue weighted by atomic mass is 10.0. The van der Waals surface area contributed by atoms with Crippen LogP contribution in [0.5, 0.6) is 0 Å². The molecule has 4 nitrogen and oxygen atoms in total. The van der Waals surface area contributed by atoms with Crippen molar-refractivity contribution in [3.05, 3.63) is 35.5 Å². The molecule has 0 saturated heterocycles. The number of carbonyl (C=O) groups is 2. The smallest absolute Gasteiger partial charge is 0.316 e. The van der Waals surface area contributed by atoms with Crippen molar-refractivity contribution in [3.8, 4) is 0 Å². The second-order valence-electron chi connectivity index (χ2n) is 4.55. The first-order chi connectivity index (χ1) is 8.65. The zero-order chi connectivity index (χ0) is 12.9. The number of esters is 1. The molecule has 0 N–H and O–H groups in total. The summed E-state index contributed by atoms with van der Waals surface area (Å²) in [6.45, 7) is 0. The lowest BCUT2D eigenvalue weighted by Gasteiger charge is -2.07. The highest BCUT2D eigenvalue weighted by Crippen LogP contribution is 2.35. The first kappa shape index (κ1) is 11.0. The molecule has 1 aliphatic rings. The van der Waals surface area contributed by atoms with Gasteiger partial charge in [-0.2, -0.15) is 0 Å². The van der Waals surface area contributed by atoms with E-state index in [1.165, 1.54) is 7.11 Å². The van der Waals surface area contributed by atoms with Crippen LogP contribution in [0.15, 0.2) is 24.3 Å². The van der Waals surface area contributed by atoms with Gasteiger partial charge in [0.1, 0.15) is 5.92 Å². The van der Waals surface area contributed by atoms with Gasteiger partial charge in [0.25, 0.3) is 0 Å². The van der Waals surface area contributed by atoms with Crippen LogP contribution < -0.4 is 0 Å². The summed E-state index contributed by atoms with van der Waals surface area (Å²) in [5.74, 6) is -1.24. The lowest BCUT2D eigenvalue weighted by molar-refractivity contribution is -0.143. The third-order valence-corrected chi connectivity index (χ3v) is 3.66. The number of nitrogens with zero attached hydrogens (tertiary/aromatic N) is 1. The van der Waals surface area contributed by atoms with Gasteiger partial charge in [-0.1, -0.05) is 18.2 Å². The van der Waals surface area contributed by atoms with Crippen molar-refractivity contribution in [2.45, 2.75) is 6.42 Å². The highest BCUT2D eigenvalue weighted by molar-refractivity contribution is 6.15. The van der Waals surface area contributed by atoms with Gasteiger partial charge < -0.3 is 9.30 Å². The molecule has 2 aromatic rings. The maximum Gasteiger partial charge on any atom is 0.316 e. The Labute approximate surface area is 104 Å². The van der Waals surface area contributed by atoms with Gasteiger partial charge in [-0.3, -0.25) is 9.59 Å². The SMILES string of the molecule is COC(=O)C1Cc2c(n(C)c3ccccc23)C1=O. The number of hydrogen-bond acceptors (Lipinski definition) is 3. The van der Waals surface area contributed by atoms with Crippen molar-refractivity contribution in [1.82, 2.24) is 4.57 Å². The Morgan fingerprint density at radius 2 is 2.11 bits per heavy atom. The molecule has 0 bridgehead atoms. The van der Waals surface area contributed by atoms with E-state index in [-0.39, 0.29) is 5.78 Å². The van der Waals surface area contributed by atoms with Crippen LogP contribution in [0.3, 0.4) is 0 Å². The first-order valence-corrected chi connectivity index (χ1v) is 5.83. The maximum atomic E-state index is 12.3. The number of hydrogen-bond donors (Lipinski definition) is 0. The molecule has 0 spiro atoms. The number of aryl methyl sites for hydroxylation is 1. The summed E-state index contributed by atoms with van der Waals surface area (Å²) in [4.78, 5) is 23.9. The van der Waals surface area contributed by atoms with Crippen LogP contribution in [0, 0.1) is 5.92 Å². The largest absolute Gasteiger partial charge is 0.468 e. The Hall–Kier alpha value is -2.10. The number of aromatic nitrogens is 1. The number of rotatable bonds is 1. The molecule has 4 heteroatoms. The van der Waals surface area contributed by atoms with Gasteiger partial charge in [-0.15, -0.1) is 0 Å². The van der Waals surface area contributed by atoms with Gasteiger partial charge in [0.15, 0.2) is 5.78 Å². The lowest BCUT2D eigenvalue weighted by Crippen LogP contribution is -2.23. The monoisotopic (exact) mass is 243 g/mol. The summed E-state index contributed by atoms with van der Waals surface area (Å²) < 4.78 is 6.56. The number of benzene rings is 1. The Balaban J connectivity index is 2.20. The van der Waals surface area contributed by atoms with E-state index in [2.05, 4.69) is 4.74 Å². The fourth-order valence-electron chi connectivity index (χ4n) is 2.79. The van der Waals surface area contributed by atoms with Crippen molar-refractivity contribution < 1.29 is 14.3 Å². The van der Waals surface area contributed by atoms with Crippen LogP contribution in [0.1, 0.15) is 16.1 Å². The first-order valence-electron chi connectivity index (χ1n) is 5.83. The molecule has 1 unspecified atom stereocenters. The molecule has 1 aliphatic carbocycles.